The van der Waals surface area contributed by atoms with Gasteiger partial charge in [-0.1, -0.05) is 67.9 Å². The molecule has 46 heavy (non-hydrogen) atoms. The van der Waals surface area contributed by atoms with Crippen LogP contribution in [-0.4, -0.2) is 90.6 Å². The molecule has 1 saturated carbocycles. The molecule has 0 bridgehead atoms. The van der Waals surface area contributed by atoms with Crippen LogP contribution in [0.15, 0.2) is 12.7 Å². The van der Waals surface area contributed by atoms with Crippen molar-refractivity contribution in [3.05, 3.63) is 12.7 Å². The van der Waals surface area contributed by atoms with Gasteiger partial charge in [-0.2, -0.15) is 0 Å². The van der Waals surface area contributed by atoms with Gasteiger partial charge in [-0.05, 0) is 48.9 Å². The van der Waals surface area contributed by atoms with Crippen molar-refractivity contribution in [2.75, 3.05) is 19.7 Å². The van der Waals surface area contributed by atoms with Gasteiger partial charge in [0.2, 0.25) is 17.6 Å². The van der Waals surface area contributed by atoms with E-state index in [1.165, 1.54) is 11.0 Å². The van der Waals surface area contributed by atoms with Crippen molar-refractivity contribution in [2.24, 2.45) is 28.6 Å². The fourth-order valence-corrected chi connectivity index (χ4v) is 5.98. The maximum Gasteiger partial charge on any atom is 0.508 e. The van der Waals surface area contributed by atoms with Crippen molar-refractivity contribution >= 4 is 35.7 Å². The van der Waals surface area contributed by atoms with Crippen molar-refractivity contribution in [2.45, 2.75) is 112 Å². The normalized spacial score (nSPS) is 21.7. The summed E-state index contributed by atoms with van der Waals surface area (Å²) in [6.07, 6.45) is 1.06. The van der Waals surface area contributed by atoms with E-state index in [9.17, 15) is 28.8 Å². The van der Waals surface area contributed by atoms with E-state index in [1.54, 1.807) is 13.8 Å². The monoisotopic (exact) mass is 649 g/mol. The van der Waals surface area contributed by atoms with Crippen LogP contribution in [0.4, 0.5) is 9.59 Å². The number of nitrogens with one attached hydrogen (secondary N) is 4. The molecule has 0 aromatic heterocycles. The molecule has 3 unspecified atom stereocenters. The van der Waals surface area contributed by atoms with Crippen LogP contribution in [-0.2, 0) is 28.7 Å². The summed E-state index contributed by atoms with van der Waals surface area (Å²) in [5, 5.41) is 10.8. The lowest BCUT2D eigenvalue weighted by molar-refractivity contribution is -0.145. The van der Waals surface area contributed by atoms with Crippen LogP contribution in [0.1, 0.15) is 82.1 Å². The summed E-state index contributed by atoms with van der Waals surface area (Å²) < 4.78 is 10.2. The Bertz CT molecular complexity index is 1160. The number of ether oxygens (including phenoxy) is 2. The standard InChI is InChI=1S/C33H55N5O8/c1-12-14-21(25(39)28(41)34-15-13-2)35-27(40)24-23-20(33(23,10)11)16-38(24)29(42)26(32(7,8)9)37-30(43)36-22(18(3)4)17-45-31(44)46-19(5)6/h13,18-24,26H,2,12,14-17H2,1,3-11H3,(H,34,41)(H,35,40)(H2,36,37,43)/t20-,21?,22+,23-,24?,26?/m0/s1. The van der Waals surface area contributed by atoms with Crippen molar-refractivity contribution in [1.29, 1.82) is 0 Å². The Labute approximate surface area is 273 Å². The molecule has 1 aliphatic heterocycles. The molecule has 4 N–H and O–H groups in total. The van der Waals surface area contributed by atoms with E-state index < -0.39 is 65.3 Å². The zero-order valence-electron chi connectivity index (χ0n) is 29.2. The lowest BCUT2D eigenvalue weighted by Crippen LogP contribution is -2.62. The van der Waals surface area contributed by atoms with Crippen LogP contribution < -0.4 is 21.3 Å². The molecule has 6 atom stereocenters. The molecular weight excluding hydrogens is 594 g/mol. The van der Waals surface area contributed by atoms with Crippen LogP contribution >= 0.6 is 0 Å². The molecule has 1 aliphatic carbocycles. The first kappa shape index (κ1) is 38.5. The number of rotatable bonds is 15. The van der Waals surface area contributed by atoms with Gasteiger partial charge in [0.15, 0.2) is 0 Å². The molecule has 2 aliphatic rings. The maximum atomic E-state index is 14.2. The summed E-state index contributed by atoms with van der Waals surface area (Å²) in [5.74, 6) is -2.70. The Balaban J connectivity index is 2.25. The van der Waals surface area contributed by atoms with Crippen LogP contribution in [0.3, 0.4) is 0 Å². The molecule has 13 nitrogen and oxygen atoms in total. The van der Waals surface area contributed by atoms with Gasteiger partial charge >= 0.3 is 12.2 Å². The topological polar surface area (TPSA) is 172 Å². The molecule has 1 heterocycles. The average Bonchev–Trinajstić information content (AvgIpc) is 3.26. The number of amides is 5. The van der Waals surface area contributed by atoms with Crippen LogP contribution in [0.25, 0.3) is 0 Å². The number of likely N-dealkylation sites (tertiary alicyclic amines) is 1. The summed E-state index contributed by atoms with van der Waals surface area (Å²) in [4.78, 5) is 80.0. The Morgan fingerprint density at radius 3 is 2.17 bits per heavy atom. The number of hydrogen-bond acceptors (Lipinski definition) is 8. The summed E-state index contributed by atoms with van der Waals surface area (Å²) in [5.41, 5.74) is -0.944. The first-order valence-electron chi connectivity index (χ1n) is 16.2. The number of carbonyl (C=O) groups is 6. The highest BCUT2D eigenvalue weighted by Gasteiger charge is 2.70. The minimum Gasteiger partial charge on any atom is -0.432 e. The van der Waals surface area contributed by atoms with Gasteiger partial charge in [0.1, 0.15) is 18.7 Å². The second-order valence-electron chi connectivity index (χ2n) is 14.6. The highest BCUT2D eigenvalue weighted by molar-refractivity contribution is 6.38. The zero-order valence-corrected chi connectivity index (χ0v) is 29.2. The quantitative estimate of drug-likeness (QED) is 0.119. The number of ketones is 1. The van der Waals surface area contributed by atoms with Crippen molar-refractivity contribution in [3.8, 4) is 0 Å². The SMILES string of the molecule is C=CCNC(=O)C(=O)C(CCC)NC(=O)C1[C@@H]2[C@H](CN1C(=O)C(NC(=O)N[C@H](COC(=O)OC(C)C)C(C)C)C(C)(C)C)C2(C)C. The highest BCUT2D eigenvalue weighted by atomic mass is 16.7. The third kappa shape index (κ3) is 9.68. The largest absolute Gasteiger partial charge is 0.508 e. The molecule has 1 saturated heterocycles. The predicted molar refractivity (Wildman–Crippen MR) is 172 cm³/mol. The maximum absolute atomic E-state index is 14.2. The van der Waals surface area contributed by atoms with Crippen molar-refractivity contribution in [3.63, 3.8) is 0 Å². The smallest absolute Gasteiger partial charge is 0.432 e. The average molecular weight is 650 g/mol. The van der Waals surface area contributed by atoms with Crippen LogP contribution in [0.5, 0.6) is 0 Å². The molecule has 0 spiro atoms. The fourth-order valence-electron chi connectivity index (χ4n) is 5.98. The van der Waals surface area contributed by atoms with E-state index in [1.807, 2.05) is 55.4 Å². The molecule has 0 radical (unpaired) electrons. The van der Waals surface area contributed by atoms with E-state index in [4.69, 9.17) is 9.47 Å². The van der Waals surface area contributed by atoms with Gasteiger partial charge in [-0.3, -0.25) is 19.2 Å². The Morgan fingerprint density at radius 1 is 1.02 bits per heavy atom. The molecule has 13 heteroatoms. The minimum absolute atomic E-state index is 0.0610. The van der Waals surface area contributed by atoms with Crippen molar-refractivity contribution in [1.82, 2.24) is 26.2 Å². The number of urea groups is 1. The lowest BCUT2D eigenvalue weighted by Gasteiger charge is -2.38. The van der Waals surface area contributed by atoms with E-state index in [-0.39, 0.29) is 48.8 Å². The van der Waals surface area contributed by atoms with E-state index in [2.05, 4.69) is 27.8 Å². The second kappa shape index (κ2) is 15.8. The second-order valence-corrected chi connectivity index (χ2v) is 14.6. The molecule has 0 aromatic carbocycles. The molecule has 2 rings (SSSR count). The molecular formula is C33H55N5O8. The van der Waals surface area contributed by atoms with E-state index in [0.29, 0.717) is 13.0 Å². The Hall–Kier alpha value is -3.64. The van der Waals surface area contributed by atoms with Crippen molar-refractivity contribution < 1.29 is 38.2 Å². The number of piperidine rings is 1. The number of carbonyl (C=O) groups excluding carboxylic acids is 6. The van der Waals surface area contributed by atoms with Gasteiger partial charge in [0, 0.05) is 13.1 Å². The summed E-state index contributed by atoms with van der Waals surface area (Å²) in [6, 6.07) is -4.13. The molecule has 2 fully saturated rings. The van der Waals surface area contributed by atoms with Crippen LogP contribution in [0.2, 0.25) is 0 Å². The van der Waals surface area contributed by atoms with E-state index >= 15 is 0 Å². The third-order valence-corrected chi connectivity index (χ3v) is 8.82. The zero-order chi connectivity index (χ0) is 35.1. The van der Waals surface area contributed by atoms with E-state index in [0.717, 1.165) is 0 Å². The summed E-state index contributed by atoms with van der Waals surface area (Å²) >= 11 is 0. The number of nitrogens with zero attached hydrogens (tertiary/aromatic N) is 1. The summed E-state index contributed by atoms with van der Waals surface area (Å²) in [6.45, 7) is 22.3. The predicted octanol–water partition coefficient (Wildman–Crippen LogP) is 2.93. The van der Waals surface area contributed by atoms with Crippen LogP contribution in [0, 0.1) is 28.6 Å². The van der Waals surface area contributed by atoms with Gasteiger partial charge in [0.05, 0.1) is 18.2 Å². The minimum atomic E-state index is -1.05. The number of fused-ring (bicyclic) bond motifs is 1. The first-order chi connectivity index (χ1) is 21.3. The molecule has 260 valence electrons. The van der Waals surface area contributed by atoms with Gasteiger partial charge in [-0.25, -0.2) is 9.59 Å². The third-order valence-electron chi connectivity index (χ3n) is 8.82. The first-order valence-corrected chi connectivity index (χ1v) is 16.2. The fraction of sp³-hybridized carbons (Fsp3) is 0.758. The van der Waals surface area contributed by atoms with Gasteiger partial charge in [-0.15, -0.1) is 6.58 Å². The van der Waals surface area contributed by atoms with Gasteiger partial charge in [0.25, 0.3) is 5.91 Å². The lowest BCUT2D eigenvalue weighted by atomic mass is 9.85. The highest BCUT2D eigenvalue weighted by Crippen LogP contribution is 2.65. The Morgan fingerprint density at radius 2 is 1.65 bits per heavy atom. The summed E-state index contributed by atoms with van der Waals surface area (Å²) in [7, 11) is 0. The molecule has 0 aromatic rings. The Kier molecular flexibility index (Phi) is 13.2. The number of Topliss-reactive ketones (excluding diaryl/α,β-unsaturated/α-hetero) is 1. The van der Waals surface area contributed by atoms with Gasteiger partial charge < -0.3 is 35.6 Å². The number of hydrogen-bond donors (Lipinski definition) is 4. The molecule has 5 amide bonds.